The van der Waals surface area contributed by atoms with Gasteiger partial charge in [-0.1, -0.05) is 12.1 Å². The zero-order valence-electron chi connectivity index (χ0n) is 27.0. The second-order valence-corrected chi connectivity index (χ2v) is 12.8. The maximum absolute atomic E-state index is 13.7. The van der Waals surface area contributed by atoms with E-state index in [1.165, 1.54) is 25.3 Å². The van der Waals surface area contributed by atoms with E-state index in [0.717, 1.165) is 0 Å². The van der Waals surface area contributed by atoms with Gasteiger partial charge in [0.2, 0.25) is 5.78 Å². The Morgan fingerprint density at radius 2 is 1.66 bits per heavy atom. The Labute approximate surface area is 300 Å². The number of carboxylic acid groups (broad SMARTS) is 2. The standard InChI is InChI=1S/C28H29NO10.C6H8O4.Pt/c1-11-7-18(38-12(2)23(11)29)39-16-9-28(36,17(31)10-30)8-14-20(16)27(35)22-21(25(14)33)24(32)13-5-4-6-15(37-3)19(13)26(22)34;7-4(8)6(5(9)10)2-1-3-6;/h4-6,11-12,16,18,23,29-30,33,35-36H,1,7-10H2,2-3H3;1-3H2,(H,7,8)(H,9,10);/q-2;;+2/t11?,12?,16?,18-,23+,28-;;/m0../s1. The number of hydrogen-bond acceptors (Lipinski definition) is 12. The summed E-state index contributed by atoms with van der Waals surface area (Å²) in [6.07, 6.45) is -2.34. The third-order valence-corrected chi connectivity index (χ3v) is 9.96. The van der Waals surface area contributed by atoms with Gasteiger partial charge in [0.05, 0.1) is 29.9 Å². The van der Waals surface area contributed by atoms with Crippen LogP contribution in [0.1, 0.15) is 88.1 Å². The fourth-order valence-corrected chi connectivity index (χ4v) is 6.87. The van der Waals surface area contributed by atoms with E-state index >= 15 is 0 Å². The fraction of sp³-hybridized carbons (Fsp3) is 0.471. The first-order valence-corrected chi connectivity index (χ1v) is 15.6. The molecule has 16 heteroatoms. The van der Waals surface area contributed by atoms with Gasteiger partial charge in [-0.2, -0.15) is 5.92 Å². The van der Waals surface area contributed by atoms with Crippen LogP contribution in [0.3, 0.4) is 0 Å². The van der Waals surface area contributed by atoms with Crippen LogP contribution in [0.2, 0.25) is 0 Å². The molecule has 0 amide bonds. The van der Waals surface area contributed by atoms with Gasteiger partial charge in [-0.05, 0) is 38.7 Å². The number of ketones is 3. The van der Waals surface area contributed by atoms with E-state index in [1.807, 2.05) is 0 Å². The van der Waals surface area contributed by atoms with Crippen molar-refractivity contribution >= 4 is 29.3 Å². The Hall–Kier alpha value is -3.72. The minimum atomic E-state index is -2.21. The van der Waals surface area contributed by atoms with Gasteiger partial charge in [0.25, 0.3) is 0 Å². The van der Waals surface area contributed by atoms with Gasteiger partial charge in [-0.3, -0.25) is 24.0 Å². The molecule has 1 saturated heterocycles. The number of carboxylic acids is 2. The molecule has 0 aromatic heterocycles. The number of methoxy groups -OCH3 is 1. The molecule has 2 aromatic rings. The second-order valence-electron chi connectivity index (χ2n) is 12.8. The summed E-state index contributed by atoms with van der Waals surface area (Å²) in [4.78, 5) is 60.5. The molecule has 0 spiro atoms. The van der Waals surface area contributed by atoms with Crippen molar-refractivity contribution in [3.8, 4) is 17.2 Å². The summed E-state index contributed by atoms with van der Waals surface area (Å²) >= 11 is 0. The van der Waals surface area contributed by atoms with E-state index in [9.17, 15) is 44.4 Å². The van der Waals surface area contributed by atoms with Crippen molar-refractivity contribution in [2.45, 2.75) is 75.6 Å². The second kappa shape index (κ2) is 14.5. The number of fused-ring (bicyclic) bond motifs is 3. The molecule has 1 heterocycles. The largest absolute Gasteiger partial charge is 2.00 e. The molecule has 0 bridgehead atoms. The average Bonchev–Trinajstić information content (AvgIpc) is 3.02. The molecule has 3 aliphatic carbocycles. The summed E-state index contributed by atoms with van der Waals surface area (Å²) in [6, 6.07) is 3.78. The molecule has 1 saturated carbocycles. The maximum Gasteiger partial charge on any atom is 2.00 e. The zero-order valence-corrected chi connectivity index (χ0v) is 29.3. The van der Waals surface area contributed by atoms with Gasteiger partial charge in [0.15, 0.2) is 23.3 Å². The predicted molar refractivity (Wildman–Crippen MR) is 166 cm³/mol. The number of nitrogens with one attached hydrogen (secondary N) is 1. The molecule has 6 atom stereocenters. The summed E-state index contributed by atoms with van der Waals surface area (Å²) in [5.41, 5.74) is 3.23. The Bertz CT molecular complexity index is 1710. The Morgan fingerprint density at radius 3 is 2.16 bits per heavy atom. The molecule has 2 aromatic carbocycles. The smallest absolute Gasteiger partial charge is 0.674 e. The normalized spacial score (nSPS) is 27.5. The van der Waals surface area contributed by atoms with Crippen LogP contribution in [-0.4, -0.2) is 97.7 Å². The van der Waals surface area contributed by atoms with Gasteiger partial charge < -0.3 is 57.5 Å². The van der Waals surface area contributed by atoms with Crippen LogP contribution >= 0.6 is 0 Å². The molecule has 2 fully saturated rings. The van der Waals surface area contributed by atoms with Gasteiger partial charge in [-0.15, -0.1) is 6.04 Å². The number of phenols is 2. The summed E-state index contributed by atoms with van der Waals surface area (Å²) in [5.74, 6) is -6.43. The predicted octanol–water partition coefficient (Wildman–Crippen LogP) is 2.51. The van der Waals surface area contributed by atoms with Gasteiger partial charge in [-0.25, -0.2) is 0 Å². The minimum Gasteiger partial charge on any atom is -0.674 e. The molecule has 7 N–H and O–H groups in total. The maximum atomic E-state index is 13.7. The van der Waals surface area contributed by atoms with Crippen LogP contribution in [-0.2, 0) is 51.3 Å². The van der Waals surface area contributed by atoms with Crippen LogP contribution < -0.4 is 4.74 Å². The number of benzene rings is 2. The summed E-state index contributed by atoms with van der Waals surface area (Å²) in [5, 5.41) is 60.6. The number of hydrogen-bond donors (Lipinski definition) is 6. The Balaban J connectivity index is 0.000000441. The number of Topliss-reactive ketones (excluding diaryl/α,β-unsaturated/α-hetero) is 1. The number of rotatable bonds is 7. The van der Waals surface area contributed by atoms with Crippen LogP contribution in [0.4, 0.5) is 0 Å². The summed E-state index contributed by atoms with van der Waals surface area (Å²) in [6.45, 7) is 4.64. The number of aliphatic hydroxyl groups excluding tert-OH is 1. The number of aliphatic hydroxyl groups is 2. The third-order valence-electron chi connectivity index (χ3n) is 9.96. The number of phenolic OH excluding ortho intramolecular Hbond substituents is 2. The number of carbonyl (C=O) groups is 5. The number of aliphatic carboxylic acids is 2. The molecular formula is C34H37NO14Pt. The van der Waals surface area contributed by atoms with Crippen molar-refractivity contribution in [1.82, 2.24) is 0 Å². The fourth-order valence-electron chi connectivity index (χ4n) is 6.87. The van der Waals surface area contributed by atoms with Crippen LogP contribution in [0.25, 0.3) is 5.73 Å². The minimum absolute atomic E-state index is 0. The molecule has 0 radical (unpaired) electrons. The number of carbonyl (C=O) groups excluding carboxylic acids is 3. The van der Waals surface area contributed by atoms with Crippen molar-refractivity contribution in [2.75, 3.05) is 13.7 Å². The third kappa shape index (κ3) is 6.35. The summed E-state index contributed by atoms with van der Waals surface area (Å²) < 4.78 is 17.2. The zero-order chi connectivity index (χ0) is 36.2. The van der Waals surface area contributed by atoms with E-state index in [4.69, 9.17) is 30.2 Å². The van der Waals surface area contributed by atoms with E-state index in [-0.39, 0.29) is 74.2 Å². The number of ether oxygens (including phenoxy) is 3. The first-order valence-electron chi connectivity index (χ1n) is 15.6. The topological polar surface area (TPSA) is 258 Å². The van der Waals surface area contributed by atoms with Gasteiger partial charge in [0.1, 0.15) is 29.5 Å². The molecule has 4 aliphatic rings. The van der Waals surface area contributed by atoms with E-state index in [0.29, 0.717) is 6.42 Å². The number of aromatic hydroxyl groups is 2. The average molecular weight is 879 g/mol. The molecule has 15 nitrogen and oxygen atoms in total. The van der Waals surface area contributed by atoms with Crippen LogP contribution in [0.15, 0.2) is 18.2 Å². The van der Waals surface area contributed by atoms with E-state index in [1.54, 1.807) is 6.92 Å². The van der Waals surface area contributed by atoms with Gasteiger partial charge in [0, 0.05) is 35.6 Å². The van der Waals surface area contributed by atoms with E-state index in [2.05, 4.69) is 6.92 Å². The van der Waals surface area contributed by atoms with Crippen molar-refractivity contribution in [3.63, 3.8) is 0 Å². The monoisotopic (exact) mass is 878 g/mol. The Morgan fingerprint density at radius 1 is 1.04 bits per heavy atom. The van der Waals surface area contributed by atoms with Gasteiger partial charge >= 0.3 is 33.0 Å². The van der Waals surface area contributed by atoms with Crippen molar-refractivity contribution < 1.29 is 89.9 Å². The van der Waals surface area contributed by atoms with Crippen molar-refractivity contribution in [3.05, 3.63) is 64.2 Å². The molecule has 6 rings (SSSR count). The van der Waals surface area contributed by atoms with E-state index < -0.39 is 107 Å². The molecular weight excluding hydrogens is 841 g/mol. The molecule has 1 aliphatic heterocycles. The summed E-state index contributed by atoms with van der Waals surface area (Å²) in [7, 11) is 1.33. The van der Waals surface area contributed by atoms with Crippen LogP contribution in [0, 0.1) is 18.3 Å². The molecule has 3 unspecified atom stereocenters. The molecule has 272 valence electrons. The van der Waals surface area contributed by atoms with Crippen molar-refractivity contribution in [1.29, 1.82) is 0 Å². The first kappa shape index (κ1) is 39.1. The Kier molecular flexibility index (Phi) is 11.3. The van der Waals surface area contributed by atoms with Crippen LogP contribution in [0.5, 0.6) is 17.2 Å². The first-order chi connectivity index (χ1) is 23.0. The van der Waals surface area contributed by atoms with Crippen molar-refractivity contribution in [2.24, 2.45) is 11.3 Å². The molecule has 50 heavy (non-hydrogen) atoms. The SMILES string of the molecule is O=C(O)C1(C(=O)O)CCC1.[CH2-]C1C[C@H](OC2C[C@](O)(C(=O)CO)Cc3c(O)c4c(c(O)c32)C(=O)c2c(OC)cccc2C4=O)OC(C)[C@@H]1[NH-].[Pt+2]. The quantitative estimate of drug-likeness (QED) is 0.113.